The van der Waals surface area contributed by atoms with Crippen LogP contribution in [0.25, 0.3) is 0 Å². The van der Waals surface area contributed by atoms with Gasteiger partial charge in [0.1, 0.15) is 11.9 Å². The lowest BCUT2D eigenvalue weighted by Crippen LogP contribution is -2.37. The number of anilines is 2. The Morgan fingerprint density at radius 1 is 1.00 bits per heavy atom. The lowest BCUT2D eigenvalue weighted by Gasteiger charge is -2.27. The molecule has 4 aromatic rings. The van der Waals surface area contributed by atoms with E-state index < -0.39 is 6.04 Å². The number of hydrogen-bond donors (Lipinski definition) is 2. The van der Waals surface area contributed by atoms with Gasteiger partial charge in [0, 0.05) is 47.9 Å². The highest BCUT2D eigenvalue weighted by Crippen LogP contribution is 2.33. The van der Waals surface area contributed by atoms with E-state index in [0.29, 0.717) is 39.7 Å². The molecule has 0 radical (unpaired) electrons. The maximum Gasteiger partial charge on any atom is 0.255 e. The Kier molecular flexibility index (Phi) is 6.74. The summed E-state index contributed by atoms with van der Waals surface area (Å²) in [7, 11) is 0. The molecular weight excluding hydrogens is 486 g/mol. The smallest absolute Gasteiger partial charge is 0.255 e. The van der Waals surface area contributed by atoms with Crippen LogP contribution in [-0.2, 0) is 16.1 Å². The molecule has 0 saturated carbocycles. The Bertz CT molecular complexity index is 1520. The number of nitrogens with one attached hydrogen (secondary N) is 2. The summed E-state index contributed by atoms with van der Waals surface area (Å²) in [6.07, 6.45) is 3.19. The molecule has 0 fully saturated rings. The number of rotatable bonds is 5. The third kappa shape index (κ3) is 5.39. The summed E-state index contributed by atoms with van der Waals surface area (Å²) in [5, 5.41) is 7.70. The van der Waals surface area contributed by atoms with Crippen molar-refractivity contribution in [1.82, 2.24) is 14.9 Å². The molecule has 9 heteroatoms. The first-order chi connectivity index (χ1) is 18.0. The second kappa shape index (κ2) is 10.4. The summed E-state index contributed by atoms with van der Waals surface area (Å²) in [5.41, 5.74) is 3.41. The van der Waals surface area contributed by atoms with Crippen molar-refractivity contribution in [2.45, 2.75) is 19.5 Å². The molecule has 3 heterocycles. The van der Waals surface area contributed by atoms with Gasteiger partial charge in [-0.1, -0.05) is 48.2 Å². The van der Waals surface area contributed by atoms with Gasteiger partial charge in [-0.15, -0.1) is 11.3 Å². The van der Waals surface area contributed by atoms with E-state index >= 15 is 0 Å². The first kappa shape index (κ1) is 23.9. The highest BCUT2D eigenvalue weighted by Gasteiger charge is 2.37. The summed E-state index contributed by atoms with van der Waals surface area (Å²) in [4.78, 5) is 47.8. The van der Waals surface area contributed by atoms with Crippen LogP contribution >= 0.6 is 11.3 Å². The molecule has 2 N–H and O–H groups in total. The van der Waals surface area contributed by atoms with Gasteiger partial charge in [-0.25, -0.2) is 9.97 Å². The van der Waals surface area contributed by atoms with Gasteiger partial charge in [0.2, 0.25) is 5.91 Å². The Morgan fingerprint density at radius 2 is 1.78 bits per heavy atom. The summed E-state index contributed by atoms with van der Waals surface area (Å²) >= 11 is 1.32. The number of amides is 3. The van der Waals surface area contributed by atoms with Crippen LogP contribution in [0, 0.1) is 11.8 Å². The third-order valence-corrected chi connectivity index (χ3v) is 6.39. The summed E-state index contributed by atoms with van der Waals surface area (Å²) in [6, 6.07) is 17.3. The third-order valence-electron chi connectivity index (χ3n) is 5.70. The van der Waals surface area contributed by atoms with Crippen LogP contribution < -0.4 is 10.6 Å². The van der Waals surface area contributed by atoms with Crippen molar-refractivity contribution in [3.05, 3.63) is 106 Å². The van der Waals surface area contributed by atoms with Gasteiger partial charge in [0.25, 0.3) is 11.8 Å². The Labute approximate surface area is 217 Å². The minimum absolute atomic E-state index is 0.196. The van der Waals surface area contributed by atoms with Crippen molar-refractivity contribution in [1.29, 1.82) is 0 Å². The van der Waals surface area contributed by atoms with Crippen LogP contribution in [-0.4, -0.2) is 32.6 Å². The highest BCUT2D eigenvalue weighted by molar-refractivity contribution is 7.13. The second-order valence-corrected chi connectivity index (χ2v) is 9.20. The SMILES string of the molecule is CC(=O)Nc1ccc(C#Cc2ccc3c(c2)C(=O)N([C@@H](C(=O)Nc2nccs2)c2ccccc2)C3)cn1. The molecule has 1 aliphatic heterocycles. The fourth-order valence-electron chi connectivity index (χ4n) is 4.04. The molecule has 0 bridgehead atoms. The minimum atomic E-state index is -0.812. The maximum absolute atomic E-state index is 13.5. The number of hydrogen-bond acceptors (Lipinski definition) is 6. The number of carbonyl (C=O) groups excluding carboxylic acids is 3. The van der Waals surface area contributed by atoms with Gasteiger partial charge in [-0.3, -0.25) is 19.7 Å². The summed E-state index contributed by atoms with van der Waals surface area (Å²) in [5.74, 6) is 5.80. The predicted octanol–water partition coefficient (Wildman–Crippen LogP) is 4.23. The van der Waals surface area contributed by atoms with E-state index in [1.807, 2.05) is 42.5 Å². The Balaban J connectivity index is 1.38. The molecule has 8 nitrogen and oxygen atoms in total. The molecule has 3 amide bonds. The molecule has 2 aromatic carbocycles. The van der Waals surface area contributed by atoms with E-state index in [1.165, 1.54) is 18.3 Å². The van der Waals surface area contributed by atoms with Crippen molar-refractivity contribution in [3.63, 3.8) is 0 Å². The van der Waals surface area contributed by atoms with Crippen LogP contribution in [0.2, 0.25) is 0 Å². The van der Waals surface area contributed by atoms with Gasteiger partial charge in [0.05, 0.1) is 0 Å². The lowest BCUT2D eigenvalue weighted by molar-refractivity contribution is -0.120. The second-order valence-electron chi connectivity index (χ2n) is 8.31. The zero-order chi connectivity index (χ0) is 25.8. The number of nitrogens with zero attached hydrogens (tertiary/aromatic N) is 3. The van der Waals surface area contributed by atoms with E-state index in [1.54, 1.807) is 40.9 Å². The van der Waals surface area contributed by atoms with Crippen molar-refractivity contribution < 1.29 is 14.4 Å². The predicted molar refractivity (Wildman–Crippen MR) is 141 cm³/mol. The average Bonchev–Trinajstić information content (AvgIpc) is 3.52. The number of benzene rings is 2. The monoisotopic (exact) mass is 507 g/mol. The van der Waals surface area contributed by atoms with Crippen molar-refractivity contribution >= 4 is 40.0 Å². The first-order valence-corrected chi connectivity index (χ1v) is 12.3. The molecular formula is C28H21N5O3S. The standard InChI is InChI=1S/C28H21N5O3S/c1-18(34)31-24-12-10-20(16-30-24)8-7-19-9-11-22-17-33(27(36)23(22)15-19)25(21-5-3-2-4-6-21)26(35)32-28-29-13-14-37-28/h2-6,9-16,25H,17H2,1H3,(H,29,32,35)(H,30,31,34)/t25-/m1/s1. The van der Waals surface area contributed by atoms with Gasteiger partial charge in [0.15, 0.2) is 5.13 Å². The Morgan fingerprint density at radius 3 is 2.49 bits per heavy atom. The van der Waals surface area contributed by atoms with Crippen LogP contribution in [0.4, 0.5) is 10.9 Å². The molecule has 182 valence electrons. The van der Waals surface area contributed by atoms with E-state index in [9.17, 15) is 14.4 Å². The highest BCUT2D eigenvalue weighted by atomic mass is 32.1. The first-order valence-electron chi connectivity index (χ1n) is 11.4. The molecule has 1 atom stereocenters. The Hall–Kier alpha value is -4.81. The number of pyridine rings is 1. The van der Waals surface area contributed by atoms with E-state index in [0.717, 1.165) is 5.56 Å². The molecule has 0 spiro atoms. The number of thiazole rings is 1. The molecule has 2 aromatic heterocycles. The van der Waals surface area contributed by atoms with Gasteiger partial charge >= 0.3 is 0 Å². The van der Waals surface area contributed by atoms with E-state index in [4.69, 9.17) is 0 Å². The zero-order valence-electron chi connectivity index (χ0n) is 19.8. The zero-order valence-corrected chi connectivity index (χ0v) is 20.6. The van der Waals surface area contributed by atoms with Crippen LogP contribution in [0.1, 0.15) is 45.6 Å². The van der Waals surface area contributed by atoms with E-state index in [2.05, 4.69) is 32.4 Å². The fraction of sp³-hybridized carbons (Fsp3) is 0.107. The largest absolute Gasteiger partial charge is 0.318 e. The summed E-state index contributed by atoms with van der Waals surface area (Å²) < 4.78 is 0. The van der Waals surface area contributed by atoms with E-state index in [-0.39, 0.29) is 17.7 Å². The molecule has 37 heavy (non-hydrogen) atoms. The van der Waals surface area contributed by atoms with Crippen molar-refractivity contribution in [2.24, 2.45) is 0 Å². The number of aromatic nitrogens is 2. The molecule has 1 aliphatic rings. The molecule has 0 saturated heterocycles. The molecule has 0 aliphatic carbocycles. The fourth-order valence-corrected chi connectivity index (χ4v) is 4.58. The quantitative estimate of drug-likeness (QED) is 0.394. The lowest BCUT2D eigenvalue weighted by atomic mass is 10.0. The molecule has 5 rings (SSSR count). The summed E-state index contributed by atoms with van der Waals surface area (Å²) in [6.45, 7) is 1.72. The molecule has 0 unspecified atom stereocenters. The van der Waals surface area contributed by atoms with Gasteiger partial charge in [-0.2, -0.15) is 0 Å². The topological polar surface area (TPSA) is 104 Å². The van der Waals surface area contributed by atoms with Crippen LogP contribution in [0.15, 0.2) is 78.4 Å². The minimum Gasteiger partial charge on any atom is -0.318 e. The van der Waals surface area contributed by atoms with Crippen LogP contribution in [0.3, 0.4) is 0 Å². The van der Waals surface area contributed by atoms with Crippen molar-refractivity contribution in [2.75, 3.05) is 10.6 Å². The maximum atomic E-state index is 13.5. The number of fused-ring (bicyclic) bond motifs is 1. The number of carbonyl (C=O) groups is 3. The van der Waals surface area contributed by atoms with Crippen LogP contribution in [0.5, 0.6) is 0 Å². The van der Waals surface area contributed by atoms with Crippen molar-refractivity contribution in [3.8, 4) is 11.8 Å². The average molecular weight is 508 g/mol. The van der Waals surface area contributed by atoms with Gasteiger partial charge < -0.3 is 10.2 Å². The van der Waals surface area contributed by atoms with Gasteiger partial charge in [-0.05, 0) is 35.4 Å². The normalized spacial score (nSPS) is 12.8.